The number of amides is 1. The van der Waals surface area contributed by atoms with Crippen LogP contribution in [0.4, 0.5) is 0 Å². The van der Waals surface area contributed by atoms with Crippen molar-refractivity contribution in [3.05, 3.63) is 29.8 Å². The normalized spacial score (nSPS) is 21.2. The summed E-state index contributed by atoms with van der Waals surface area (Å²) in [4.78, 5) is 22.7. The Bertz CT molecular complexity index is 572. The second kappa shape index (κ2) is 4.96. The minimum atomic E-state index is -1.07. The van der Waals surface area contributed by atoms with Crippen molar-refractivity contribution in [1.82, 2.24) is 5.01 Å². The number of fused-ring (bicyclic) bond motifs is 1. The molecule has 1 unspecified atom stereocenters. The maximum absolute atomic E-state index is 11.8. The summed E-state index contributed by atoms with van der Waals surface area (Å²) < 4.78 is 5.74. The first kappa shape index (κ1) is 12.7. The predicted octanol–water partition coefficient (Wildman–Crippen LogP) is 1.05. The number of carboxylic acids is 1. The molecule has 0 aliphatic carbocycles. The Morgan fingerprint density at radius 2 is 2.20 bits per heavy atom. The highest BCUT2D eigenvalue weighted by atomic mass is 16.5. The van der Waals surface area contributed by atoms with Crippen LogP contribution in [-0.2, 0) is 16.0 Å². The van der Waals surface area contributed by atoms with Gasteiger partial charge in [0.15, 0.2) is 0 Å². The third-order valence-electron chi connectivity index (χ3n) is 3.44. The van der Waals surface area contributed by atoms with Gasteiger partial charge in [-0.05, 0) is 11.6 Å². The summed E-state index contributed by atoms with van der Waals surface area (Å²) in [5, 5.41) is 14.1. The average molecular weight is 274 g/mol. The molecule has 2 heterocycles. The van der Waals surface area contributed by atoms with Crippen LogP contribution in [0.15, 0.2) is 29.4 Å². The van der Waals surface area contributed by atoms with Crippen LogP contribution in [0.25, 0.3) is 0 Å². The highest BCUT2D eigenvalue weighted by molar-refractivity contribution is 6.36. The number of nitrogens with zero attached hydrogens (tertiary/aromatic N) is 2. The van der Waals surface area contributed by atoms with E-state index in [4.69, 9.17) is 9.84 Å². The molecule has 0 fully saturated rings. The van der Waals surface area contributed by atoms with Crippen LogP contribution in [0.1, 0.15) is 18.4 Å². The Morgan fingerprint density at radius 3 is 2.95 bits per heavy atom. The molecule has 0 saturated heterocycles. The Labute approximate surface area is 115 Å². The lowest BCUT2D eigenvalue weighted by Gasteiger charge is -2.24. The zero-order valence-electron chi connectivity index (χ0n) is 10.8. The number of hydrazone groups is 1. The molecule has 1 N–H and O–H groups in total. The van der Waals surface area contributed by atoms with Crippen LogP contribution in [-0.4, -0.2) is 40.4 Å². The predicted molar refractivity (Wildman–Crippen MR) is 70.6 cm³/mol. The largest absolute Gasteiger partial charge is 0.488 e. The monoisotopic (exact) mass is 274 g/mol. The number of aliphatic carboxylic acids is 1. The molecule has 20 heavy (non-hydrogen) atoms. The first-order chi connectivity index (χ1) is 9.63. The van der Waals surface area contributed by atoms with Gasteiger partial charge in [0.2, 0.25) is 5.91 Å². The van der Waals surface area contributed by atoms with Gasteiger partial charge in [-0.15, -0.1) is 0 Å². The fraction of sp³-hybridized carbons (Fsp3) is 0.357. The Kier molecular flexibility index (Phi) is 3.14. The molecule has 104 valence electrons. The third kappa shape index (κ3) is 2.36. The van der Waals surface area contributed by atoms with Crippen LogP contribution >= 0.6 is 0 Å². The number of benzene rings is 1. The van der Waals surface area contributed by atoms with Gasteiger partial charge >= 0.3 is 5.97 Å². The number of carbonyl (C=O) groups is 2. The molecule has 0 bridgehead atoms. The third-order valence-corrected chi connectivity index (χ3v) is 3.44. The van der Waals surface area contributed by atoms with Gasteiger partial charge in [0.1, 0.15) is 17.6 Å². The molecular weight excluding hydrogens is 260 g/mol. The molecule has 3 rings (SSSR count). The number of ether oxygens (including phenoxy) is 1. The maximum atomic E-state index is 11.8. The summed E-state index contributed by atoms with van der Waals surface area (Å²) in [5.41, 5.74) is 1.13. The molecule has 6 heteroatoms. The molecule has 6 nitrogen and oxygen atoms in total. The summed E-state index contributed by atoms with van der Waals surface area (Å²) >= 11 is 0. The summed E-state index contributed by atoms with van der Waals surface area (Å²) in [7, 11) is 0. The number of para-hydroxylation sites is 1. The van der Waals surface area contributed by atoms with Gasteiger partial charge < -0.3 is 9.84 Å². The van der Waals surface area contributed by atoms with Gasteiger partial charge in [0, 0.05) is 19.3 Å². The van der Waals surface area contributed by atoms with Crippen LogP contribution in [0.2, 0.25) is 0 Å². The lowest BCUT2D eigenvalue weighted by atomic mass is 10.1. The smallest absolute Gasteiger partial charge is 0.352 e. The molecule has 1 aromatic rings. The standard InChI is InChI=1S/C14H14N2O4/c17-13-6-5-11(14(18)19)15-16(13)8-10-7-9-3-1-2-4-12(9)20-10/h1-4,10H,5-8H2,(H,18,19). The van der Waals surface area contributed by atoms with E-state index in [0.29, 0.717) is 6.42 Å². The number of hydrogen-bond donors (Lipinski definition) is 1. The number of carboxylic acid groups (broad SMARTS) is 1. The van der Waals surface area contributed by atoms with Gasteiger partial charge in [-0.1, -0.05) is 18.2 Å². The number of carbonyl (C=O) groups excluding carboxylic acids is 1. The molecule has 1 aromatic carbocycles. The first-order valence-electron chi connectivity index (χ1n) is 6.49. The van der Waals surface area contributed by atoms with Gasteiger partial charge in [-0.2, -0.15) is 5.10 Å². The SMILES string of the molecule is O=C(O)C1=NN(CC2Cc3ccccc3O2)C(=O)CC1. The van der Waals surface area contributed by atoms with E-state index in [9.17, 15) is 9.59 Å². The lowest BCUT2D eigenvalue weighted by molar-refractivity contribution is -0.133. The Morgan fingerprint density at radius 1 is 1.40 bits per heavy atom. The van der Waals surface area contributed by atoms with E-state index in [1.54, 1.807) is 0 Å². The van der Waals surface area contributed by atoms with Gasteiger partial charge in [0.25, 0.3) is 0 Å². The van der Waals surface area contributed by atoms with Crippen LogP contribution < -0.4 is 4.74 Å². The van der Waals surface area contributed by atoms with Crippen molar-refractivity contribution in [2.24, 2.45) is 5.10 Å². The summed E-state index contributed by atoms with van der Waals surface area (Å²) in [6.45, 7) is 0.282. The number of hydrogen-bond acceptors (Lipinski definition) is 4. The van der Waals surface area contributed by atoms with E-state index in [-0.39, 0.29) is 37.1 Å². The van der Waals surface area contributed by atoms with E-state index in [2.05, 4.69) is 5.10 Å². The van der Waals surface area contributed by atoms with Crippen molar-refractivity contribution in [3.8, 4) is 5.75 Å². The molecule has 0 aromatic heterocycles. The van der Waals surface area contributed by atoms with E-state index in [0.717, 1.165) is 11.3 Å². The van der Waals surface area contributed by atoms with Crippen molar-refractivity contribution in [1.29, 1.82) is 0 Å². The molecule has 0 radical (unpaired) electrons. The lowest BCUT2D eigenvalue weighted by Crippen LogP contribution is -2.40. The van der Waals surface area contributed by atoms with Crippen molar-refractivity contribution in [2.45, 2.75) is 25.4 Å². The fourth-order valence-corrected chi connectivity index (χ4v) is 2.45. The van der Waals surface area contributed by atoms with E-state index in [1.165, 1.54) is 5.01 Å². The second-order valence-corrected chi connectivity index (χ2v) is 4.88. The molecule has 0 spiro atoms. The zero-order chi connectivity index (χ0) is 14.1. The van der Waals surface area contributed by atoms with E-state index >= 15 is 0 Å². The quantitative estimate of drug-likeness (QED) is 0.893. The minimum Gasteiger partial charge on any atom is -0.488 e. The molecular formula is C14H14N2O4. The van der Waals surface area contributed by atoms with Crippen molar-refractivity contribution in [3.63, 3.8) is 0 Å². The first-order valence-corrected chi connectivity index (χ1v) is 6.49. The van der Waals surface area contributed by atoms with Crippen molar-refractivity contribution < 1.29 is 19.4 Å². The highest BCUT2D eigenvalue weighted by Crippen LogP contribution is 2.28. The fourth-order valence-electron chi connectivity index (χ4n) is 2.45. The Hall–Kier alpha value is -2.37. The average Bonchev–Trinajstić information content (AvgIpc) is 2.83. The van der Waals surface area contributed by atoms with Gasteiger partial charge in [-0.3, -0.25) is 4.79 Å². The highest BCUT2D eigenvalue weighted by Gasteiger charge is 2.30. The van der Waals surface area contributed by atoms with Gasteiger partial charge in [0.05, 0.1) is 6.54 Å². The minimum absolute atomic E-state index is 0.0279. The van der Waals surface area contributed by atoms with Gasteiger partial charge in [-0.25, -0.2) is 9.80 Å². The topological polar surface area (TPSA) is 79.2 Å². The number of rotatable bonds is 3. The van der Waals surface area contributed by atoms with Crippen LogP contribution in [0.5, 0.6) is 5.75 Å². The van der Waals surface area contributed by atoms with Crippen LogP contribution in [0, 0.1) is 0 Å². The second-order valence-electron chi connectivity index (χ2n) is 4.88. The summed E-state index contributed by atoms with van der Waals surface area (Å²) in [5.74, 6) is -0.405. The molecule has 1 amide bonds. The molecule has 2 aliphatic rings. The molecule has 0 saturated carbocycles. The zero-order valence-corrected chi connectivity index (χ0v) is 10.8. The van der Waals surface area contributed by atoms with Crippen molar-refractivity contribution in [2.75, 3.05) is 6.54 Å². The molecule has 1 atom stereocenters. The summed E-state index contributed by atoms with van der Waals surface area (Å²) in [6, 6.07) is 7.71. The van der Waals surface area contributed by atoms with Crippen molar-refractivity contribution >= 4 is 17.6 Å². The maximum Gasteiger partial charge on any atom is 0.352 e. The Balaban J connectivity index is 1.71. The van der Waals surface area contributed by atoms with E-state index < -0.39 is 5.97 Å². The van der Waals surface area contributed by atoms with E-state index in [1.807, 2.05) is 24.3 Å². The molecule has 2 aliphatic heterocycles. The van der Waals surface area contributed by atoms with Crippen LogP contribution in [0.3, 0.4) is 0 Å². The summed E-state index contributed by atoms with van der Waals surface area (Å²) in [6.07, 6.45) is 0.910.